The van der Waals surface area contributed by atoms with Gasteiger partial charge in [0.05, 0.1) is 18.6 Å². The Labute approximate surface area is 153 Å². The summed E-state index contributed by atoms with van der Waals surface area (Å²) in [5.74, 6) is -0.351. The highest BCUT2D eigenvalue weighted by atomic mass is 16.5. The van der Waals surface area contributed by atoms with Crippen molar-refractivity contribution in [3.8, 4) is 11.4 Å². The molecule has 1 aromatic heterocycles. The molecule has 0 bridgehead atoms. The molecule has 0 saturated carbocycles. The number of aromatic nitrogens is 1. The van der Waals surface area contributed by atoms with E-state index in [1.54, 1.807) is 12.0 Å². The molecular formula is C20H24N2O4. The van der Waals surface area contributed by atoms with E-state index in [0.717, 1.165) is 22.8 Å². The van der Waals surface area contributed by atoms with Gasteiger partial charge in [0.15, 0.2) is 0 Å². The molecule has 1 aliphatic heterocycles. The van der Waals surface area contributed by atoms with Crippen molar-refractivity contribution in [2.75, 3.05) is 20.2 Å². The van der Waals surface area contributed by atoms with Crippen LogP contribution in [0.25, 0.3) is 5.69 Å². The highest BCUT2D eigenvalue weighted by molar-refractivity contribution is 5.96. The Hall–Kier alpha value is -2.76. The van der Waals surface area contributed by atoms with Gasteiger partial charge in [0.1, 0.15) is 5.75 Å². The van der Waals surface area contributed by atoms with Crippen LogP contribution in [0.3, 0.4) is 0 Å². The number of methoxy groups -OCH3 is 1. The Balaban J connectivity index is 1.83. The van der Waals surface area contributed by atoms with Gasteiger partial charge >= 0.3 is 5.97 Å². The first-order chi connectivity index (χ1) is 12.4. The monoisotopic (exact) mass is 356 g/mol. The molecule has 6 nitrogen and oxygen atoms in total. The minimum atomic E-state index is -0.769. The number of likely N-dealkylation sites (tertiary alicyclic amines) is 1. The third kappa shape index (κ3) is 3.31. The number of carbonyl (C=O) groups excluding carboxylic acids is 1. The van der Waals surface area contributed by atoms with Crippen molar-refractivity contribution in [2.24, 2.45) is 5.92 Å². The Morgan fingerprint density at radius 2 is 1.73 bits per heavy atom. The standard InChI is InChI=1S/C20H24N2O4/c1-13-12-18(19(23)21-10-8-15(9-11-21)20(24)25)14(2)22(13)16-4-6-17(26-3)7-5-16/h4-7,12,15H,8-11H2,1-3H3,(H,24,25). The van der Waals surface area contributed by atoms with Gasteiger partial charge in [-0.05, 0) is 57.0 Å². The number of hydrogen-bond donors (Lipinski definition) is 1. The van der Waals surface area contributed by atoms with Crippen molar-refractivity contribution in [2.45, 2.75) is 26.7 Å². The van der Waals surface area contributed by atoms with Crippen molar-refractivity contribution >= 4 is 11.9 Å². The van der Waals surface area contributed by atoms with E-state index in [4.69, 9.17) is 9.84 Å². The molecule has 1 amide bonds. The van der Waals surface area contributed by atoms with Crippen molar-refractivity contribution in [1.29, 1.82) is 0 Å². The zero-order valence-corrected chi connectivity index (χ0v) is 15.4. The minimum absolute atomic E-state index is 0.0262. The normalized spacial score (nSPS) is 15.1. The van der Waals surface area contributed by atoms with Gasteiger partial charge in [-0.3, -0.25) is 9.59 Å². The number of benzene rings is 1. The lowest BCUT2D eigenvalue weighted by Gasteiger charge is -2.30. The number of piperidine rings is 1. The highest BCUT2D eigenvalue weighted by Crippen LogP contribution is 2.25. The van der Waals surface area contributed by atoms with Gasteiger partial charge in [0, 0.05) is 30.2 Å². The first kappa shape index (κ1) is 18.0. The Bertz CT molecular complexity index is 815. The van der Waals surface area contributed by atoms with Gasteiger partial charge in [-0.25, -0.2) is 0 Å². The average molecular weight is 356 g/mol. The summed E-state index contributed by atoms with van der Waals surface area (Å²) in [6.07, 6.45) is 1.02. The second kappa shape index (κ2) is 7.23. The van der Waals surface area contributed by atoms with Crippen LogP contribution in [0.1, 0.15) is 34.6 Å². The molecule has 0 spiro atoms. The van der Waals surface area contributed by atoms with Crippen LogP contribution in [-0.2, 0) is 4.79 Å². The summed E-state index contributed by atoms with van der Waals surface area (Å²) < 4.78 is 7.25. The second-order valence-corrected chi connectivity index (χ2v) is 6.72. The summed E-state index contributed by atoms with van der Waals surface area (Å²) >= 11 is 0. The number of hydrogen-bond acceptors (Lipinski definition) is 3. The zero-order chi connectivity index (χ0) is 18.8. The van der Waals surface area contributed by atoms with Crippen LogP contribution >= 0.6 is 0 Å². The van der Waals surface area contributed by atoms with Gasteiger partial charge in [-0.1, -0.05) is 0 Å². The predicted octanol–water partition coefficient (Wildman–Crippen LogP) is 3.04. The summed E-state index contributed by atoms with van der Waals surface area (Å²) in [5, 5.41) is 9.11. The van der Waals surface area contributed by atoms with Crippen LogP contribution < -0.4 is 4.74 Å². The summed E-state index contributed by atoms with van der Waals surface area (Å²) in [6, 6.07) is 9.63. The number of amides is 1. The van der Waals surface area contributed by atoms with E-state index in [9.17, 15) is 9.59 Å². The molecule has 0 atom stereocenters. The number of rotatable bonds is 4. The van der Waals surface area contributed by atoms with E-state index in [0.29, 0.717) is 31.5 Å². The van der Waals surface area contributed by atoms with E-state index in [1.807, 2.05) is 44.2 Å². The number of carboxylic acid groups (broad SMARTS) is 1. The number of aliphatic carboxylic acids is 1. The number of carboxylic acids is 1. The van der Waals surface area contributed by atoms with Crippen LogP contribution in [0.2, 0.25) is 0 Å². The molecule has 2 aromatic rings. The smallest absolute Gasteiger partial charge is 0.306 e. The number of carbonyl (C=O) groups is 2. The van der Waals surface area contributed by atoms with Gasteiger partial charge < -0.3 is 19.3 Å². The van der Waals surface area contributed by atoms with Gasteiger partial charge in [-0.2, -0.15) is 0 Å². The maximum atomic E-state index is 12.9. The van der Waals surface area contributed by atoms with Crippen molar-refractivity contribution in [1.82, 2.24) is 9.47 Å². The molecule has 0 unspecified atom stereocenters. The molecule has 6 heteroatoms. The van der Waals surface area contributed by atoms with Crippen molar-refractivity contribution in [3.05, 3.63) is 47.3 Å². The molecule has 2 heterocycles. The van der Waals surface area contributed by atoms with E-state index in [2.05, 4.69) is 4.57 Å². The molecule has 0 aliphatic carbocycles. The molecule has 0 radical (unpaired) electrons. The average Bonchev–Trinajstić information content (AvgIpc) is 2.95. The van der Waals surface area contributed by atoms with Crippen molar-refractivity contribution < 1.29 is 19.4 Å². The maximum absolute atomic E-state index is 12.9. The second-order valence-electron chi connectivity index (χ2n) is 6.72. The van der Waals surface area contributed by atoms with Crippen LogP contribution in [0, 0.1) is 19.8 Å². The van der Waals surface area contributed by atoms with Crippen LogP contribution in [-0.4, -0.2) is 46.6 Å². The molecule has 138 valence electrons. The van der Waals surface area contributed by atoms with Crippen LogP contribution in [0.15, 0.2) is 30.3 Å². The third-order valence-corrected chi connectivity index (χ3v) is 5.12. The zero-order valence-electron chi connectivity index (χ0n) is 15.4. The quantitative estimate of drug-likeness (QED) is 0.914. The first-order valence-corrected chi connectivity index (χ1v) is 8.77. The Morgan fingerprint density at radius 1 is 1.12 bits per heavy atom. The fourth-order valence-corrected chi connectivity index (χ4v) is 3.61. The minimum Gasteiger partial charge on any atom is -0.497 e. The van der Waals surface area contributed by atoms with Gasteiger partial charge in [0.2, 0.25) is 0 Å². The number of nitrogens with zero attached hydrogens (tertiary/aromatic N) is 2. The van der Waals surface area contributed by atoms with E-state index < -0.39 is 5.97 Å². The van der Waals surface area contributed by atoms with E-state index in [1.165, 1.54) is 0 Å². The molecule has 1 aromatic carbocycles. The van der Waals surface area contributed by atoms with Gasteiger partial charge in [-0.15, -0.1) is 0 Å². The molecular weight excluding hydrogens is 332 g/mol. The van der Waals surface area contributed by atoms with E-state index >= 15 is 0 Å². The molecule has 3 rings (SSSR count). The molecule has 1 N–H and O–H groups in total. The molecule has 1 aliphatic rings. The lowest BCUT2D eigenvalue weighted by atomic mass is 9.96. The summed E-state index contributed by atoms with van der Waals surface area (Å²) in [7, 11) is 1.63. The van der Waals surface area contributed by atoms with Gasteiger partial charge in [0.25, 0.3) is 5.91 Å². The third-order valence-electron chi connectivity index (χ3n) is 5.12. The Morgan fingerprint density at radius 3 is 2.27 bits per heavy atom. The molecule has 1 fully saturated rings. The first-order valence-electron chi connectivity index (χ1n) is 8.77. The summed E-state index contributed by atoms with van der Waals surface area (Å²) in [4.78, 5) is 25.8. The number of ether oxygens (including phenoxy) is 1. The Kier molecular flexibility index (Phi) is 5.02. The SMILES string of the molecule is COc1ccc(-n2c(C)cc(C(=O)N3CCC(C(=O)O)CC3)c2C)cc1. The fraction of sp³-hybridized carbons (Fsp3) is 0.400. The lowest BCUT2D eigenvalue weighted by Crippen LogP contribution is -2.40. The topological polar surface area (TPSA) is 71.8 Å². The highest BCUT2D eigenvalue weighted by Gasteiger charge is 2.29. The largest absolute Gasteiger partial charge is 0.497 e. The van der Waals surface area contributed by atoms with E-state index in [-0.39, 0.29) is 11.8 Å². The number of aryl methyl sites for hydroxylation is 1. The van der Waals surface area contributed by atoms with Crippen LogP contribution in [0.5, 0.6) is 5.75 Å². The van der Waals surface area contributed by atoms with Crippen LogP contribution in [0.4, 0.5) is 0 Å². The van der Waals surface area contributed by atoms with Crippen molar-refractivity contribution in [3.63, 3.8) is 0 Å². The molecule has 1 saturated heterocycles. The predicted molar refractivity (Wildman–Crippen MR) is 98.1 cm³/mol. The molecule has 26 heavy (non-hydrogen) atoms. The summed E-state index contributed by atoms with van der Waals surface area (Å²) in [5.41, 5.74) is 3.52. The fourth-order valence-electron chi connectivity index (χ4n) is 3.61. The maximum Gasteiger partial charge on any atom is 0.306 e. The summed E-state index contributed by atoms with van der Waals surface area (Å²) in [6.45, 7) is 4.89. The lowest BCUT2D eigenvalue weighted by molar-refractivity contribution is -0.143.